The Hall–Kier alpha value is -1.23. The summed E-state index contributed by atoms with van der Waals surface area (Å²) in [6, 6.07) is 6.17. The number of hydrogen-bond donors (Lipinski definition) is 1. The third-order valence-electron chi connectivity index (χ3n) is 3.76. The van der Waals surface area contributed by atoms with Gasteiger partial charge in [0.25, 0.3) is 0 Å². The van der Waals surface area contributed by atoms with E-state index in [0.29, 0.717) is 12.5 Å². The summed E-state index contributed by atoms with van der Waals surface area (Å²) in [5, 5.41) is 0. The quantitative estimate of drug-likeness (QED) is 0.904. The van der Waals surface area contributed by atoms with E-state index < -0.39 is 6.36 Å². The van der Waals surface area contributed by atoms with Gasteiger partial charge in [-0.3, -0.25) is 0 Å². The molecule has 0 aliphatic heterocycles. The van der Waals surface area contributed by atoms with Crippen molar-refractivity contribution in [3.8, 4) is 5.75 Å². The summed E-state index contributed by atoms with van der Waals surface area (Å²) in [5.74, 6) is 0.358. The van der Waals surface area contributed by atoms with Crippen LogP contribution in [0, 0.1) is 11.3 Å². The third-order valence-corrected chi connectivity index (χ3v) is 3.76. The molecule has 1 fully saturated rings. The van der Waals surface area contributed by atoms with Gasteiger partial charge < -0.3 is 10.5 Å². The topological polar surface area (TPSA) is 35.2 Å². The fraction of sp³-hybridized carbons (Fsp3) is 0.538. The largest absolute Gasteiger partial charge is 0.573 e. The third kappa shape index (κ3) is 2.46. The standard InChI is InChI=1S/C13H16F3NO/c1-12(2)10(7-17)11(12)8-4-3-5-9(6-8)18-13(14,15)16/h3-6,10-11H,7,17H2,1-2H3. The van der Waals surface area contributed by atoms with E-state index in [2.05, 4.69) is 18.6 Å². The summed E-state index contributed by atoms with van der Waals surface area (Å²) in [4.78, 5) is 0. The smallest absolute Gasteiger partial charge is 0.406 e. The van der Waals surface area contributed by atoms with E-state index in [1.165, 1.54) is 12.1 Å². The fourth-order valence-corrected chi connectivity index (χ4v) is 2.75. The molecule has 1 aromatic rings. The highest BCUT2D eigenvalue weighted by atomic mass is 19.4. The molecule has 0 saturated heterocycles. The molecule has 2 nitrogen and oxygen atoms in total. The lowest BCUT2D eigenvalue weighted by Gasteiger charge is -2.10. The van der Waals surface area contributed by atoms with E-state index in [9.17, 15) is 13.2 Å². The van der Waals surface area contributed by atoms with Crippen LogP contribution < -0.4 is 10.5 Å². The fourth-order valence-electron chi connectivity index (χ4n) is 2.75. The first kappa shape index (κ1) is 13.2. The first-order chi connectivity index (χ1) is 8.25. The van der Waals surface area contributed by atoms with E-state index >= 15 is 0 Å². The molecule has 2 unspecified atom stereocenters. The van der Waals surface area contributed by atoms with Crippen molar-refractivity contribution in [2.24, 2.45) is 17.1 Å². The van der Waals surface area contributed by atoms with Crippen LogP contribution in [0.3, 0.4) is 0 Å². The highest BCUT2D eigenvalue weighted by molar-refractivity contribution is 5.37. The van der Waals surface area contributed by atoms with Crippen LogP contribution in [0.15, 0.2) is 24.3 Å². The summed E-state index contributed by atoms with van der Waals surface area (Å²) in [6.07, 6.45) is -4.65. The van der Waals surface area contributed by atoms with Crippen molar-refractivity contribution in [3.05, 3.63) is 29.8 Å². The highest BCUT2D eigenvalue weighted by Gasteiger charge is 2.57. The van der Waals surface area contributed by atoms with Crippen molar-refractivity contribution in [1.82, 2.24) is 0 Å². The van der Waals surface area contributed by atoms with Crippen molar-refractivity contribution >= 4 is 0 Å². The molecule has 5 heteroatoms. The van der Waals surface area contributed by atoms with E-state index in [-0.39, 0.29) is 17.1 Å². The molecule has 0 radical (unpaired) electrons. The lowest BCUT2D eigenvalue weighted by Crippen LogP contribution is -2.17. The predicted octanol–water partition coefficient (Wildman–Crippen LogP) is 3.28. The van der Waals surface area contributed by atoms with Gasteiger partial charge in [0.15, 0.2) is 0 Å². The van der Waals surface area contributed by atoms with Crippen LogP contribution in [0.4, 0.5) is 13.2 Å². The molecule has 1 aromatic carbocycles. The van der Waals surface area contributed by atoms with Gasteiger partial charge in [0, 0.05) is 0 Å². The lowest BCUT2D eigenvalue weighted by molar-refractivity contribution is -0.274. The first-order valence-corrected chi connectivity index (χ1v) is 5.81. The molecule has 0 amide bonds. The molecule has 100 valence electrons. The van der Waals surface area contributed by atoms with Gasteiger partial charge >= 0.3 is 6.36 Å². The van der Waals surface area contributed by atoms with Crippen molar-refractivity contribution in [2.75, 3.05) is 6.54 Å². The average Bonchev–Trinajstić information content (AvgIpc) is 2.78. The molecular weight excluding hydrogens is 243 g/mol. The van der Waals surface area contributed by atoms with Gasteiger partial charge in [0.2, 0.25) is 0 Å². The van der Waals surface area contributed by atoms with Crippen molar-refractivity contribution in [3.63, 3.8) is 0 Å². The molecule has 1 aliphatic carbocycles. The molecule has 1 saturated carbocycles. The Morgan fingerprint density at radius 3 is 2.50 bits per heavy atom. The van der Waals surface area contributed by atoms with Gasteiger partial charge in [0.1, 0.15) is 5.75 Å². The van der Waals surface area contributed by atoms with Crippen LogP contribution in [0.5, 0.6) is 5.75 Å². The molecule has 2 atom stereocenters. The van der Waals surface area contributed by atoms with Gasteiger partial charge in [-0.1, -0.05) is 26.0 Å². The second-order valence-corrected chi connectivity index (χ2v) is 5.26. The minimum absolute atomic E-state index is 0.0472. The van der Waals surface area contributed by atoms with E-state index in [0.717, 1.165) is 5.56 Å². The SMILES string of the molecule is CC1(C)C(CN)C1c1cccc(OC(F)(F)F)c1. The summed E-state index contributed by atoms with van der Waals surface area (Å²) in [7, 11) is 0. The Morgan fingerprint density at radius 1 is 1.33 bits per heavy atom. The Kier molecular flexibility index (Phi) is 3.05. The number of alkyl halides is 3. The van der Waals surface area contributed by atoms with Gasteiger partial charge in [-0.2, -0.15) is 0 Å². The molecule has 18 heavy (non-hydrogen) atoms. The van der Waals surface area contributed by atoms with Crippen LogP contribution in [0.25, 0.3) is 0 Å². The maximum absolute atomic E-state index is 12.1. The Balaban J connectivity index is 2.19. The lowest BCUT2D eigenvalue weighted by atomic mass is 10.0. The molecule has 0 spiro atoms. The predicted molar refractivity (Wildman–Crippen MR) is 62.2 cm³/mol. The zero-order chi connectivity index (χ0) is 13.6. The molecule has 0 aromatic heterocycles. The summed E-state index contributed by atoms with van der Waals surface area (Å²) >= 11 is 0. The van der Waals surface area contributed by atoms with Gasteiger partial charge in [-0.05, 0) is 41.5 Å². The first-order valence-electron chi connectivity index (χ1n) is 5.81. The molecule has 0 heterocycles. The van der Waals surface area contributed by atoms with Crippen LogP contribution in [0.2, 0.25) is 0 Å². The number of rotatable bonds is 3. The molecule has 2 rings (SSSR count). The van der Waals surface area contributed by atoms with E-state index in [1.54, 1.807) is 6.07 Å². The maximum atomic E-state index is 12.1. The zero-order valence-electron chi connectivity index (χ0n) is 10.3. The Morgan fingerprint density at radius 2 is 2.00 bits per heavy atom. The minimum atomic E-state index is -4.65. The molecule has 2 N–H and O–H groups in total. The summed E-state index contributed by atoms with van der Waals surface area (Å²) in [5.41, 5.74) is 6.57. The van der Waals surface area contributed by atoms with Crippen LogP contribution in [0.1, 0.15) is 25.3 Å². The number of benzene rings is 1. The van der Waals surface area contributed by atoms with Crippen molar-refractivity contribution in [2.45, 2.75) is 26.1 Å². The van der Waals surface area contributed by atoms with Crippen LogP contribution in [-0.4, -0.2) is 12.9 Å². The number of ether oxygens (including phenoxy) is 1. The van der Waals surface area contributed by atoms with Gasteiger partial charge in [-0.15, -0.1) is 13.2 Å². The number of nitrogens with two attached hydrogens (primary N) is 1. The number of hydrogen-bond acceptors (Lipinski definition) is 2. The normalized spacial score (nSPS) is 25.9. The summed E-state index contributed by atoms with van der Waals surface area (Å²) < 4.78 is 40.4. The zero-order valence-corrected chi connectivity index (χ0v) is 10.3. The Bertz CT molecular complexity index is 442. The molecule has 0 bridgehead atoms. The molecule has 1 aliphatic rings. The van der Waals surface area contributed by atoms with Crippen LogP contribution >= 0.6 is 0 Å². The average molecular weight is 259 g/mol. The van der Waals surface area contributed by atoms with Gasteiger partial charge in [-0.25, -0.2) is 0 Å². The maximum Gasteiger partial charge on any atom is 0.573 e. The van der Waals surface area contributed by atoms with E-state index in [4.69, 9.17) is 5.73 Å². The monoisotopic (exact) mass is 259 g/mol. The van der Waals surface area contributed by atoms with Crippen molar-refractivity contribution in [1.29, 1.82) is 0 Å². The second kappa shape index (κ2) is 4.16. The number of halogens is 3. The van der Waals surface area contributed by atoms with Crippen LogP contribution in [-0.2, 0) is 0 Å². The summed E-state index contributed by atoms with van der Waals surface area (Å²) in [6.45, 7) is 4.70. The van der Waals surface area contributed by atoms with E-state index in [1.807, 2.05) is 6.07 Å². The van der Waals surface area contributed by atoms with Gasteiger partial charge in [0.05, 0.1) is 0 Å². The second-order valence-electron chi connectivity index (χ2n) is 5.26. The minimum Gasteiger partial charge on any atom is -0.406 e. The van der Waals surface area contributed by atoms with Crippen molar-refractivity contribution < 1.29 is 17.9 Å². The highest BCUT2D eigenvalue weighted by Crippen LogP contribution is 2.64. The Labute approximate surface area is 104 Å². The molecular formula is C13H16F3NO.